The Labute approximate surface area is 113 Å². The minimum absolute atomic E-state index is 0.104. The van der Waals surface area contributed by atoms with Crippen molar-refractivity contribution < 1.29 is 23.1 Å². The van der Waals surface area contributed by atoms with Crippen molar-refractivity contribution >= 4 is 11.7 Å². The van der Waals surface area contributed by atoms with Crippen LogP contribution < -0.4 is 4.90 Å². The van der Waals surface area contributed by atoms with E-state index in [1.54, 1.807) is 6.07 Å². The van der Waals surface area contributed by atoms with E-state index >= 15 is 0 Å². The Morgan fingerprint density at radius 1 is 1.50 bits per heavy atom. The Kier molecular flexibility index (Phi) is 4.75. The van der Waals surface area contributed by atoms with E-state index in [2.05, 4.69) is 6.58 Å². The fourth-order valence-electron chi connectivity index (χ4n) is 1.64. The summed E-state index contributed by atoms with van der Waals surface area (Å²) in [6, 6.07) is 4.26. The molecule has 1 aromatic carbocycles. The van der Waals surface area contributed by atoms with Gasteiger partial charge in [-0.05, 0) is 18.2 Å². The molecule has 0 aliphatic carbocycles. The van der Waals surface area contributed by atoms with Gasteiger partial charge >= 0.3 is 12.1 Å². The number of nitrogens with zero attached hydrogens (tertiary/aromatic N) is 2. The van der Waals surface area contributed by atoms with Gasteiger partial charge in [0.25, 0.3) is 0 Å². The lowest BCUT2D eigenvalue weighted by atomic mass is 10.1. The molecule has 0 saturated carbocycles. The molecule has 0 bridgehead atoms. The first kappa shape index (κ1) is 15.6. The quantitative estimate of drug-likeness (QED) is 0.844. The molecule has 1 rings (SSSR count). The summed E-state index contributed by atoms with van der Waals surface area (Å²) < 4.78 is 37.7. The number of carbonyl (C=O) groups is 1. The van der Waals surface area contributed by atoms with E-state index in [9.17, 15) is 18.0 Å². The number of benzene rings is 1. The standard InChI is InChI=1S/C13H11F3N2O2/c1-2-5-18(8-12(19)20)11-4-3-10(13(14,15)16)6-9(11)7-17/h2-4,6H,1,5,8H2,(H,19,20). The number of halogens is 3. The molecule has 0 aliphatic rings. The first-order valence-corrected chi connectivity index (χ1v) is 5.48. The maximum atomic E-state index is 12.6. The van der Waals surface area contributed by atoms with Gasteiger partial charge in [0.2, 0.25) is 0 Å². The minimum atomic E-state index is -4.56. The predicted molar refractivity (Wildman–Crippen MR) is 66.2 cm³/mol. The van der Waals surface area contributed by atoms with Gasteiger partial charge in [-0.3, -0.25) is 4.79 Å². The van der Waals surface area contributed by atoms with Gasteiger partial charge in [-0.1, -0.05) is 6.08 Å². The van der Waals surface area contributed by atoms with Crippen molar-refractivity contribution in [3.8, 4) is 6.07 Å². The van der Waals surface area contributed by atoms with Crippen LogP contribution in [-0.4, -0.2) is 24.2 Å². The van der Waals surface area contributed by atoms with E-state index < -0.39 is 24.3 Å². The number of rotatable bonds is 5. The summed E-state index contributed by atoms with van der Waals surface area (Å²) >= 11 is 0. The molecule has 0 radical (unpaired) electrons. The van der Waals surface area contributed by atoms with Gasteiger partial charge in [0.15, 0.2) is 0 Å². The van der Waals surface area contributed by atoms with E-state index in [1.165, 1.54) is 11.0 Å². The van der Waals surface area contributed by atoms with E-state index in [-0.39, 0.29) is 17.8 Å². The molecule has 0 spiro atoms. The van der Waals surface area contributed by atoms with Crippen LogP contribution in [0.4, 0.5) is 18.9 Å². The number of hydrogen-bond donors (Lipinski definition) is 1. The number of nitriles is 1. The van der Waals surface area contributed by atoms with Crippen LogP contribution in [-0.2, 0) is 11.0 Å². The van der Waals surface area contributed by atoms with Crippen molar-refractivity contribution in [2.45, 2.75) is 6.18 Å². The highest BCUT2D eigenvalue weighted by Gasteiger charge is 2.31. The van der Waals surface area contributed by atoms with Gasteiger partial charge in [0.1, 0.15) is 12.6 Å². The minimum Gasteiger partial charge on any atom is -0.480 e. The lowest BCUT2D eigenvalue weighted by Crippen LogP contribution is -2.30. The molecule has 20 heavy (non-hydrogen) atoms. The second-order valence-electron chi connectivity index (χ2n) is 3.90. The monoisotopic (exact) mass is 284 g/mol. The molecule has 106 valence electrons. The summed E-state index contributed by atoms with van der Waals surface area (Å²) in [5, 5.41) is 17.7. The highest BCUT2D eigenvalue weighted by molar-refractivity contribution is 5.75. The van der Waals surface area contributed by atoms with Gasteiger partial charge in [0.05, 0.1) is 16.8 Å². The number of aliphatic carboxylic acids is 1. The number of alkyl halides is 3. The predicted octanol–water partition coefficient (Wildman–Crippen LogP) is 2.65. The van der Waals surface area contributed by atoms with Gasteiger partial charge in [-0.25, -0.2) is 0 Å². The van der Waals surface area contributed by atoms with Crippen LogP contribution in [0.5, 0.6) is 0 Å². The maximum absolute atomic E-state index is 12.6. The molecular weight excluding hydrogens is 273 g/mol. The van der Waals surface area contributed by atoms with E-state index in [1.807, 2.05) is 0 Å². The molecule has 0 atom stereocenters. The second-order valence-corrected chi connectivity index (χ2v) is 3.90. The third-order valence-electron chi connectivity index (χ3n) is 2.46. The molecule has 0 heterocycles. The van der Waals surface area contributed by atoms with Gasteiger partial charge in [0, 0.05) is 6.54 Å². The Bertz CT molecular complexity index is 562. The maximum Gasteiger partial charge on any atom is 0.416 e. The average molecular weight is 284 g/mol. The first-order valence-electron chi connectivity index (χ1n) is 5.48. The summed E-state index contributed by atoms with van der Waals surface area (Å²) in [5.74, 6) is -1.16. The molecule has 0 unspecified atom stereocenters. The third-order valence-corrected chi connectivity index (χ3v) is 2.46. The summed E-state index contributed by atoms with van der Waals surface area (Å²) in [7, 11) is 0. The number of carboxylic acids is 1. The van der Waals surface area contributed by atoms with Crippen molar-refractivity contribution in [1.82, 2.24) is 0 Å². The van der Waals surface area contributed by atoms with Gasteiger partial charge in [-0.15, -0.1) is 6.58 Å². The molecule has 1 N–H and O–H groups in total. The van der Waals surface area contributed by atoms with E-state index in [0.717, 1.165) is 12.1 Å². The molecule has 0 aromatic heterocycles. The average Bonchev–Trinajstić information content (AvgIpc) is 2.36. The van der Waals surface area contributed by atoms with Crippen molar-refractivity contribution in [1.29, 1.82) is 5.26 Å². The van der Waals surface area contributed by atoms with Crippen molar-refractivity contribution in [2.24, 2.45) is 0 Å². The smallest absolute Gasteiger partial charge is 0.416 e. The van der Waals surface area contributed by atoms with E-state index in [0.29, 0.717) is 6.07 Å². The molecule has 4 nitrogen and oxygen atoms in total. The molecule has 1 aromatic rings. The summed E-state index contributed by atoms with van der Waals surface area (Å²) in [6.45, 7) is 3.11. The van der Waals surface area contributed by atoms with Crippen LogP contribution in [0, 0.1) is 11.3 Å². The van der Waals surface area contributed by atoms with Crippen LogP contribution in [0.15, 0.2) is 30.9 Å². The Hall–Kier alpha value is -2.49. The number of anilines is 1. The van der Waals surface area contributed by atoms with Crippen molar-refractivity contribution in [2.75, 3.05) is 18.0 Å². The lowest BCUT2D eigenvalue weighted by Gasteiger charge is -2.22. The molecule has 0 amide bonds. The zero-order chi connectivity index (χ0) is 15.3. The van der Waals surface area contributed by atoms with Crippen LogP contribution >= 0.6 is 0 Å². The van der Waals surface area contributed by atoms with Gasteiger partial charge in [-0.2, -0.15) is 18.4 Å². The Morgan fingerprint density at radius 3 is 2.60 bits per heavy atom. The molecule has 7 heteroatoms. The fraction of sp³-hybridized carbons (Fsp3) is 0.231. The highest BCUT2D eigenvalue weighted by atomic mass is 19.4. The second kappa shape index (κ2) is 6.10. The largest absolute Gasteiger partial charge is 0.480 e. The van der Waals surface area contributed by atoms with Crippen molar-refractivity contribution in [3.63, 3.8) is 0 Å². The van der Waals surface area contributed by atoms with Crippen LogP contribution in [0.3, 0.4) is 0 Å². The van der Waals surface area contributed by atoms with Crippen molar-refractivity contribution in [3.05, 3.63) is 42.0 Å². The lowest BCUT2D eigenvalue weighted by molar-refractivity contribution is -0.138. The first-order chi connectivity index (χ1) is 9.29. The molecule has 0 aliphatic heterocycles. The highest BCUT2D eigenvalue weighted by Crippen LogP contribution is 2.32. The Morgan fingerprint density at radius 2 is 2.15 bits per heavy atom. The topological polar surface area (TPSA) is 64.3 Å². The normalized spacial score (nSPS) is 10.7. The van der Waals surface area contributed by atoms with Crippen LogP contribution in [0.25, 0.3) is 0 Å². The van der Waals surface area contributed by atoms with Crippen LogP contribution in [0.1, 0.15) is 11.1 Å². The third kappa shape index (κ3) is 3.75. The summed E-state index contributed by atoms with van der Waals surface area (Å²) in [4.78, 5) is 12.0. The zero-order valence-electron chi connectivity index (χ0n) is 10.3. The van der Waals surface area contributed by atoms with Crippen LogP contribution in [0.2, 0.25) is 0 Å². The van der Waals surface area contributed by atoms with Gasteiger partial charge < -0.3 is 10.0 Å². The molecular formula is C13H11F3N2O2. The van der Waals surface area contributed by atoms with E-state index in [4.69, 9.17) is 10.4 Å². The summed E-state index contributed by atoms with van der Waals surface area (Å²) in [5.41, 5.74) is -1.06. The molecule has 0 fully saturated rings. The Balaban J connectivity index is 3.26. The summed E-state index contributed by atoms with van der Waals surface area (Å²) in [6.07, 6.45) is -3.15. The SMILES string of the molecule is C=CCN(CC(=O)O)c1ccc(C(F)(F)F)cc1C#N. The molecule has 0 saturated heterocycles. The number of hydrogen-bond acceptors (Lipinski definition) is 3. The number of carboxylic acid groups (broad SMARTS) is 1. The fourth-order valence-corrected chi connectivity index (χ4v) is 1.64. The zero-order valence-corrected chi connectivity index (χ0v) is 10.3.